The molecule has 1 aliphatic heterocycles. The van der Waals surface area contributed by atoms with Crippen LogP contribution in [0.3, 0.4) is 0 Å². The Kier molecular flexibility index (Phi) is 6.92. The lowest BCUT2D eigenvalue weighted by Gasteiger charge is -2.29. The molecule has 2 heterocycles. The second kappa shape index (κ2) is 10.0. The van der Waals surface area contributed by atoms with Crippen LogP contribution in [-0.2, 0) is 19.5 Å². The number of anilines is 1. The number of benzene rings is 2. The van der Waals surface area contributed by atoms with E-state index in [1.807, 2.05) is 24.4 Å². The molecule has 0 radical (unpaired) electrons. The summed E-state index contributed by atoms with van der Waals surface area (Å²) in [5.74, 6) is 1.87. The number of aromatic nitrogens is 1. The number of thiazole rings is 1. The van der Waals surface area contributed by atoms with Crippen molar-refractivity contribution in [2.45, 2.75) is 26.4 Å². The maximum absolute atomic E-state index is 12.7. The first-order valence-electron chi connectivity index (χ1n) is 10.5. The molecule has 168 valence electrons. The van der Waals surface area contributed by atoms with Crippen molar-refractivity contribution < 1.29 is 19.0 Å². The Hall–Kier alpha value is -3.10. The molecule has 0 aliphatic carbocycles. The predicted molar refractivity (Wildman–Crippen MR) is 125 cm³/mol. The average Bonchev–Trinajstić information content (AvgIpc) is 3.25. The molecular formula is C24H27N3O4S. The minimum atomic E-state index is -0.220. The summed E-state index contributed by atoms with van der Waals surface area (Å²) in [5, 5.41) is 5.48. The van der Waals surface area contributed by atoms with Crippen LogP contribution >= 0.6 is 11.3 Å². The van der Waals surface area contributed by atoms with E-state index in [4.69, 9.17) is 14.2 Å². The van der Waals surface area contributed by atoms with Crippen LogP contribution in [-0.4, -0.2) is 43.2 Å². The van der Waals surface area contributed by atoms with E-state index in [1.165, 1.54) is 22.5 Å². The fraction of sp³-hybridized carbons (Fsp3) is 0.333. The predicted octanol–water partition coefficient (Wildman–Crippen LogP) is 4.37. The molecule has 7 nitrogen and oxygen atoms in total. The van der Waals surface area contributed by atoms with E-state index in [2.05, 4.69) is 27.3 Å². The second-order valence-corrected chi connectivity index (χ2v) is 8.32. The molecule has 4 rings (SSSR count). The number of hydrogen-bond acceptors (Lipinski definition) is 7. The highest BCUT2D eigenvalue weighted by molar-refractivity contribution is 7.14. The lowest BCUT2D eigenvalue weighted by atomic mass is 9.98. The minimum absolute atomic E-state index is 0.220. The van der Waals surface area contributed by atoms with E-state index in [-0.39, 0.29) is 5.91 Å². The van der Waals surface area contributed by atoms with Crippen molar-refractivity contribution in [1.29, 1.82) is 0 Å². The molecular weight excluding hydrogens is 426 g/mol. The summed E-state index contributed by atoms with van der Waals surface area (Å²) in [4.78, 5) is 19.7. The molecule has 3 aromatic rings. The van der Waals surface area contributed by atoms with Crippen LogP contribution in [0.1, 0.15) is 34.1 Å². The Morgan fingerprint density at radius 3 is 2.62 bits per heavy atom. The summed E-state index contributed by atoms with van der Waals surface area (Å²) in [6.45, 7) is 4.87. The quantitative estimate of drug-likeness (QED) is 0.546. The van der Waals surface area contributed by atoms with Gasteiger partial charge in [0.15, 0.2) is 16.6 Å². The highest BCUT2D eigenvalue weighted by Crippen LogP contribution is 2.33. The standard InChI is InChI=1S/C24H27N3O4S/c1-4-31-20-8-6-5-7-19(20)23(28)26-24-25-18(15-32-24)14-27-10-9-16-11-21(29-2)22(30-3)12-17(16)13-27/h5-8,11-12,15H,4,9-10,13-14H2,1-3H3,(H,25,26,28). The fourth-order valence-corrected chi connectivity index (χ4v) is 4.54. The lowest BCUT2D eigenvalue weighted by molar-refractivity contribution is 0.102. The molecule has 32 heavy (non-hydrogen) atoms. The van der Waals surface area contributed by atoms with E-state index in [9.17, 15) is 4.79 Å². The summed E-state index contributed by atoms with van der Waals surface area (Å²) in [7, 11) is 3.32. The second-order valence-electron chi connectivity index (χ2n) is 7.46. The maximum atomic E-state index is 12.7. The van der Waals surface area contributed by atoms with Crippen LogP contribution in [0.25, 0.3) is 0 Å². The monoisotopic (exact) mass is 453 g/mol. The zero-order valence-corrected chi connectivity index (χ0v) is 19.3. The highest BCUT2D eigenvalue weighted by atomic mass is 32.1. The largest absolute Gasteiger partial charge is 0.493 e. The number of methoxy groups -OCH3 is 2. The number of nitrogens with zero attached hydrogens (tertiary/aromatic N) is 2. The summed E-state index contributed by atoms with van der Waals surface area (Å²) in [6.07, 6.45) is 0.942. The number of hydrogen-bond donors (Lipinski definition) is 1. The van der Waals surface area contributed by atoms with Crippen LogP contribution in [0.4, 0.5) is 5.13 Å². The lowest BCUT2D eigenvalue weighted by Crippen LogP contribution is -2.30. The van der Waals surface area contributed by atoms with Gasteiger partial charge in [0.1, 0.15) is 5.75 Å². The van der Waals surface area contributed by atoms with Crippen LogP contribution in [0.2, 0.25) is 0 Å². The molecule has 0 fully saturated rings. The van der Waals surface area contributed by atoms with Crippen molar-refractivity contribution in [2.75, 3.05) is 32.7 Å². The molecule has 0 bridgehead atoms. The van der Waals surface area contributed by atoms with Gasteiger partial charge >= 0.3 is 0 Å². The number of para-hydroxylation sites is 1. The SMILES string of the molecule is CCOc1ccccc1C(=O)Nc1nc(CN2CCc3cc(OC)c(OC)cc3C2)cs1. The first kappa shape index (κ1) is 22.1. The van der Waals surface area contributed by atoms with Gasteiger partial charge in [-0.3, -0.25) is 15.0 Å². The Morgan fingerprint density at radius 1 is 1.12 bits per heavy atom. The Balaban J connectivity index is 1.40. The van der Waals surface area contributed by atoms with E-state index < -0.39 is 0 Å². The van der Waals surface area contributed by atoms with Gasteiger partial charge in [0.05, 0.1) is 32.1 Å². The van der Waals surface area contributed by atoms with Gasteiger partial charge in [0, 0.05) is 25.0 Å². The average molecular weight is 454 g/mol. The van der Waals surface area contributed by atoms with E-state index in [1.54, 1.807) is 26.4 Å². The number of ether oxygens (including phenoxy) is 3. The van der Waals surface area contributed by atoms with Gasteiger partial charge in [-0.15, -0.1) is 11.3 Å². The third kappa shape index (κ3) is 4.87. The zero-order chi connectivity index (χ0) is 22.5. The number of amides is 1. The first-order valence-corrected chi connectivity index (χ1v) is 11.4. The van der Waals surface area contributed by atoms with Crippen LogP contribution in [0.15, 0.2) is 41.8 Å². The van der Waals surface area contributed by atoms with Crippen LogP contribution in [0.5, 0.6) is 17.2 Å². The summed E-state index contributed by atoms with van der Waals surface area (Å²) in [6, 6.07) is 11.4. The molecule has 1 aliphatic rings. The molecule has 0 saturated carbocycles. The molecule has 1 aromatic heterocycles. The van der Waals surface area contributed by atoms with Gasteiger partial charge in [-0.1, -0.05) is 12.1 Å². The Morgan fingerprint density at radius 2 is 1.88 bits per heavy atom. The fourth-order valence-electron chi connectivity index (χ4n) is 3.84. The van der Waals surface area contributed by atoms with Gasteiger partial charge < -0.3 is 14.2 Å². The highest BCUT2D eigenvalue weighted by Gasteiger charge is 2.21. The van der Waals surface area contributed by atoms with E-state index in [0.29, 0.717) is 23.1 Å². The summed E-state index contributed by atoms with van der Waals surface area (Å²) < 4.78 is 16.4. The summed E-state index contributed by atoms with van der Waals surface area (Å²) in [5.41, 5.74) is 3.97. The number of fused-ring (bicyclic) bond motifs is 1. The molecule has 1 amide bonds. The van der Waals surface area contributed by atoms with Crippen LogP contribution in [0, 0.1) is 0 Å². The third-order valence-electron chi connectivity index (χ3n) is 5.39. The van der Waals surface area contributed by atoms with Crippen molar-refractivity contribution >= 4 is 22.4 Å². The molecule has 0 atom stereocenters. The zero-order valence-electron chi connectivity index (χ0n) is 18.5. The van der Waals surface area contributed by atoms with Crippen molar-refractivity contribution in [3.8, 4) is 17.2 Å². The molecule has 0 saturated heterocycles. The molecule has 0 spiro atoms. The third-order valence-corrected chi connectivity index (χ3v) is 6.19. The van der Waals surface area contributed by atoms with Crippen LogP contribution < -0.4 is 19.5 Å². The topological polar surface area (TPSA) is 72.9 Å². The van der Waals surface area contributed by atoms with Gasteiger partial charge in [0.25, 0.3) is 5.91 Å². The summed E-state index contributed by atoms with van der Waals surface area (Å²) >= 11 is 1.43. The molecule has 2 aromatic carbocycles. The number of rotatable bonds is 8. The minimum Gasteiger partial charge on any atom is -0.493 e. The molecule has 8 heteroatoms. The number of carbonyl (C=O) groups excluding carboxylic acids is 1. The van der Waals surface area contributed by atoms with Crippen molar-refractivity contribution in [1.82, 2.24) is 9.88 Å². The maximum Gasteiger partial charge on any atom is 0.261 e. The van der Waals surface area contributed by atoms with Gasteiger partial charge in [-0.25, -0.2) is 4.98 Å². The van der Waals surface area contributed by atoms with E-state index in [0.717, 1.165) is 43.2 Å². The van der Waals surface area contributed by atoms with Gasteiger partial charge in [-0.2, -0.15) is 0 Å². The smallest absolute Gasteiger partial charge is 0.261 e. The number of carbonyl (C=O) groups is 1. The van der Waals surface area contributed by atoms with E-state index >= 15 is 0 Å². The van der Waals surface area contributed by atoms with Crippen molar-refractivity contribution in [2.24, 2.45) is 0 Å². The Bertz CT molecular complexity index is 1100. The first-order chi connectivity index (χ1) is 15.6. The normalized spacial score (nSPS) is 13.3. The molecule has 0 unspecified atom stereocenters. The van der Waals surface area contributed by atoms with Crippen molar-refractivity contribution in [3.63, 3.8) is 0 Å². The number of nitrogens with one attached hydrogen (secondary N) is 1. The Labute approximate surface area is 191 Å². The van der Waals surface area contributed by atoms with Gasteiger partial charge in [0.2, 0.25) is 0 Å². The van der Waals surface area contributed by atoms with Gasteiger partial charge in [-0.05, 0) is 48.7 Å². The van der Waals surface area contributed by atoms with Crippen molar-refractivity contribution in [3.05, 3.63) is 64.2 Å². The molecule has 1 N–H and O–H groups in total.